The number of aromatic nitrogens is 1. The molecule has 0 atom stereocenters. The predicted octanol–water partition coefficient (Wildman–Crippen LogP) is 3.59. The highest BCUT2D eigenvalue weighted by molar-refractivity contribution is 5.96. The lowest BCUT2D eigenvalue weighted by molar-refractivity contribution is 0.343. The van der Waals surface area contributed by atoms with Crippen LogP contribution in [0.25, 0.3) is 22.2 Å². The molecule has 0 unspecified atom stereocenters. The summed E-state index contributed by atoms with van der Waals surface area (Å²) >= 11 is 0. The van der Waals surface area contributed by atoms with Crippen LogP contribution in [0.15, 0.2) is 54.6 Å². The average molecular weight is 279 g/mol. The fourth-order valence-electron chi connectivity index (χ4n) is 2.37. The Labute approximate surface area is 123 Å². The Kier molecular flexibility index (Phi) is 3.71. The number of hydrogen-bond donors (Lipinski definition) is 2. The molecule has 0 saturated heterocycles. The van der Waals surface area contributed by atoms with Gasteiger partial charge >= 0.3 is 0 Å². The maximum atomic E-state index is 5.68. The summed E-state index contributed by atoms with van der Waals surface area (Å²) in [5, 5.41) is 0.947. The van der Waals surface area contributed by atoms with Crippen LogP contribution in [0.4, 0.5) is 5.69 Å². The van der Waals surface area contributed by atoms with Gasteiger partial charge in [-0.3, -0.25) is 5.84 Å². The summed E-state index contributed by atoms with van der Waals surface area (Å²) < 4.78 is 5.68. The Morgan fingerprint density at radius 3 is 2.62 bits per heavy atom. The molecule has 2 aromatic carbocycles. The Balaban J connectivity index is 2.26. The molecule has 4 nitrogen and oxygen atoms in total. The van der Waals surface area contributed by atoms with Crippen molar-refractivity contribution in [1.29, 1.82) is 0 Å². The van der Waals surface area contributed by atoms with Gasteiger partial charge in [0.15, 0.2) is 0 Å². The van der Waals surface area contributed by atoms with Crippen molar-refractivity contribution < 1.29 is 4.74 Å². The van der Waals surface area contributed by atoms with Crippen LogP contribution in [0.2, 0.25) is 0 Å². The Morgan fingerprint density at radius 1 is 1.10 bits per heavy atom. The van der Waals surface area contributed by atoms with Gasteiger partial charge in [0.05, 0.1) is 18.0 Å². The smallest absolute Gasteiger partial charge is 0.145 e. The van der Waals surface area contributed by atoms with Gasteiger partial charge in [-0.25, -0.2) is 4.98 Å². The number of nitrogens with one attached hydrogen (secondary N) is 1. The lowest BCUT2D eigenvalue weighted by Gasteiger charge is -2.12. The summed E-state index contributed by atoms with van der Waals surface area (Å²) in [6, 6.07) is 17.8. The first kappa shape index (κ1) is 13.4. The molecule has 0 amide bonds. The largest absolute Gasteiger partial charge is 0.492 e. The quantitative estimate of drug-likeness (QED) is 0.566. The zero-order chi connectivity index (χ0) is 14.7. The van der Waals surface area contributed by atoms with E-state index < -0.39 is 0 Å². The van der Waals surface area contributed by atoms with Crippen LogP contribution in [0.5, 0.6) is 5.75 Å². The van der Waals surface area contributed by atoms with Crippen molar-refractivity contribution in [3.05, 3.63) is 54.6 Å². The van der Waals surface area contributed by atoms with Gasteiger partial charge in [-0.05, 0) is 19.1 Å². The van der Waals surface area contributed by atoms with E-state index in [2.05, 4.69) is 5.43 Å². The second kappa shape index (κ2) is 5.81. The van der Waals surface area contributed by atoms with Gasteiger partial charge in [-0.1, -0.05) is 42.5 Å². The monoisotopic (exact) mass is 279 g/mol. The summed E-state index contributed by atoms with van der Waals surface area (Å²) in [5.74, 6) is 6.44. The number of pyridine rings is 1. The van der Waals surface area contributed by atoms with Crippen LogP contribution >= 0.6 is 0 Å². The van der Waals surface area contributed by atoms with Gasteiger partial charge in [0.2, 0.25) is 0 Å². The number of nitrogens with two attached hydrogens (primary N) is 1. The highest BCUT2D eigenvalue weighted by Gasteiger charge is 2.10. The minimum atomic E-state index is 0.599. The molecule has 0 fully saturated rings. The summed E-state index contributed by atoms with van der Waals surface area (Å²) in [6.45, 7) is 2.56. The van der Waals surface area contributed by atoms with Crippen LogP contribution in [0.1, 0.15) is 6.92 Å². The topological polar surface area (TPSA) is 60.2 Å². The molecule has 0 bridgehead atoms. The first-order valence-electron chi connectivity index (χ1n) is 6.92. The van der Waals surface area contributed by atoms with E-state index in [0.29, 0.717) is 6.61 Å². The standard InChI is InChI=1S/C17H17N3O/c1-2-21-16-10-6-9-13-15(20-18)11-14(19-17(13)16)12-7-4-3-5-8-12/h3-11H,2,18H2,1H3,(H,19,20). The molecule has 3 N–H and O–H groups in total. The molecular weight excluding hydrogens is 262 g/mol. The van der Waals surface area contributed by atoms with Crippen LogP contribution in [0.3, 0.4) is 0 Å². The van der Waals surface area contributed by atoms with E-state index in [4.69, 9.17) is 15.6 Å². The fourth-order valence-corrected chi connectivity index (χ4v) is 2.37. The van der Waals surface area contributed by atoms with Crippen molar-refractivity contribution in [1.82, 2.24) is 4.98 Å². The van der Waals surface area contributed by atoms with Gasteiger partial charge in [0, 0.05) is 10.9 Å². The molecule has 0 aliphatic rings. The first-order valence-corrected chi connectivity index (χ1v) is 6.92. The van der Waals surface area contributed by atoms with Crippen molar-refractivity contribution >= 4 is 16.6 Å². The number of rotatable bonds is 4. The molecule has 106 valence electrons. The Morgan fingerprint density at radius 2 is 1.90 bits per heavy atom. The molecule has 0 radical (unpaired) electrons. The number of para-hydroxylation sites is 1. The minimum Gasteiger partial charge on any atom is -0.492 e. The Hall–Kier alpha value is -2.59. The number of anilines is 1. The molecule has 0 saturated carbocycles. The summed E-state index contributed by atoms with van der Waals surface area (Å²) in [4.78, 5) is 4.75. The summed E-state index contributed by atoms with van der Waals surface area (Å²) in [6.07, 6.45) is 0. The normalized spacial score (nSPS) is 10.6. The number of hydrogen-bond acceptors (Lipinski definition) is 4. The molecule has 1 heterocycles. The predicted molar refractivity (Wildman–Crippen MR) is 86.2 cm³/mol. The summed E-state index contributed by atoms with van der Waals surface area (Å²) in [5.41, 5.74) is 6.31. The zero-order valence-electron chi connectivity index (χ0n) is 11.8. The maximum Gasteiger partial charge on any atom is 0.145 e. The maximum absolute atomic E-state index is 5.68. The number of ether oxygens (including phenoxy) is 1. The van der Waals surface area contributed by atoms with Gasteiger partial charge < -0.3 is 10.2 Å². The first-order chi connectivity index (χ1) is 10.3. The van der Waals surface area contributed by atoms with Crippen LogP contribution in [-0.4, -0.2) is 11.6 Å². The number of nitrogens with zero attached hydrogens (tertiary/aromatic N) is 1. The average Bonchev–Trinajstić information content (AvgIpc) is 2.55. The number of nitrogen functional groups attached to an aromatic ring is 1. The van der Waals surface area contributed by atoms with E-state index in [9.17, 15) is 0 Å². The molecule has 1 aromatic heterocycles. The number of benzene rings is 2. The van der Waals surface area contributed by atoms with Crippen LogP contribution in [-0.2, 0) is 0 Å². The molecule has 4 heteroatoms. The van der Waals surface area contributed by atoms with Gasteiger partial charge in [0.25, 0.3) is 0 Å². The van der Waals surface area contributed by atoms with E-state index in [1.807, 2.05) is 61.5 Å². The molecule has 21 heavy (non-hydrogen) atoms. The molecule has 3 rings (SSSR count). The minimum absolute atomic E-state index is 0.599. The third-order valence-electron chi connectivity index (χ3n) is 3.33. The van der Waals surface area contributed by atoms with Crippen LogP contribution in [0, 0.1) is 0 Å². The van der Waals surface area contributed by atoms with Crippen molar-refractivity contribution in [2.45, 2.75) is 6.92 Å². The third kappa shape index (κ3) is 2.53. The molecule has 0 aliphatic carbocycles. The molecule has 3 aromatic rings. The fraction of sp³-hybridized carbons (Fsp3) is 0.118. The Bertz CT molecular complexity index is 757. The summed E-state index contributed by atoms with van der Waals surface area (Å²) in [7, 11) is 0. The van der Waals surface area contributed by atoms with Crippen molar-refractivity contribution in [2.24, 2.45) is 5.84 Å². The lowest BCUT2D eigenvalue weighted by Crippen LogP contribution is -2.08. The van der Waals surface area contributed by atoms with Crippen molar-refractivity contribution in [3.63, 3.8) is 0 Å². The van der Waals surface area contributed by atoms with Crippen molar-refractivity contribution in [3.8, 4) is 17.0 Å². The van der Waals surface area contributed by atoms with E-state index in [0.717, 1.165) is 33.6 Å². The SMILES string of the molecule is CCOc1cccc2c(NN)cc(-c3ccccc3)nc12. The van der Waals surface area contributed by atoms with E-state index >= 15 is 0 Å². The third-order valence-corrected chi connectivity index (χ3v) is 3.33. The molecule has 0 aliphatic heterocycles. The van der Waals surface area contributed by atoms with Crippen LogP contribution < -0.4 is 16.0 Å². The molecule has 0 spiro atoms. The van der Waals surface area contributed by atoms with Gasteiger partial charge in [-0.15, -0.1) is 0 Å². The zero-order valence-corrected chi connectivity index (χ0v) is 11.8. The van der Waals surface area contributed by atoms with E-state index in [1.54, 1.807) is 0 Å². The number of fused-ring (bicyclic) bond motifs is 1. The molecular formula is C17H17N3O. The van der Waals surface area contributed by atoms with E-state index in [-0.39, 0.29) is 0 Å². The highest BCUT2D eigenvalue weighted by Crippen LogP contribution is 2.32. The number of hydrazine groups is 1. The van der Waals surface area contributed by atoms with Gasteiger partial charge in [0.1, 0.15) is 11.3 Å². The second-order valence-electron chi connectivity index (χ2n) is 4.65. The highest BCUT2D eigenvalue weighted by atomic mass is 16.5. The van der Waals surface area contributed by atoms with E-state index in [1.165, 1.54) is 0 Å². The lowest BCUT2D eigenvalue weighted by atomic mass is 10.1. The second-order valence-corrected chi connectivity index (χ2v) is 4.65. The van der Waals surface area contributed by atoms with Gasteiger partial charge in [-0.2, -0.15) is 0 Å². The van der Waals surface area contributed by atoms with Crippen molar-refractivity contribution in [2.75, 3.05) is 12.0 Å².